The summed E-state index contributed by atoms with van der Waals surface area (Å²) < 4.78 is -0.112. The maximum Gasteiger partial charge on any atom is 0.106 e. The van der Waals surface area contributed by atoms with Crippen molar-refractivity contribution in [3.05, 3.63) is 11.6 Å². The first-order chi connectivity index (χ1) is 5.22. The molecule has 1 aliphatic rings. The molecule has 0 saturated carbocycles. The summed E-state index contributed by atoms with van der Waals surface area (Å²) in [7, 11) is 0. The summed E-state index contributed by atoms with van der Waals surface area (Å²) in [6, 6.07) is 2.42. The van der Waals surface area contributed by atoms with Gasteiger partial charge in [-0.25, -0.2) is 0 Å². The van der Waals surface area contributed by atoms with Gasteiger partial charge >= 0.3 is 0 Å². The molecule has 2 heteroatoms. The van der Waals surface area contributed by atoms with Crippen LogP contribution >= 0.6 is 11.8 Å². The van der Waals surface area contributed by atoms with Crippen LogP contribution in [0.5, 0.6) is 0 Å². The fourth-order valence-electron chi connectivity index (χ4n) is 1.48. The second kappa shape index (κ2) is 3.32. The fraction of sp³-hybridized carbons (Fsp3) is 0.667. The van der Waals surface area contributed by atoms with Crippen LogP contribution in [0.2, 0.25) is 0 Å². The molecule has 0 amide bonds. The van der Waals surface area contributed by atoms with Crippen LogP contribution in [-0.4, -0.2) is 11.0 Å². The van der Waals surface area contributed by atoms with E-state index in [1.807, 2.05) is 6.26 Å². The molecule has 0 N–H and O–H groups in total. The summed E-state index contributed by atoms with van der Waals surface area (Å²) in [5, 5.41) is 8.96. The maximum absolute atomic E-state index is 8.96. The summed E-state index contributed by atoms with van der Waals surface area (Å²) in [5.41, 5.74) is 1.37. The molecule has 0 fully saturated rings. The van der Waals surface area contributed by atoms with Crippen molar-refractivity contribution in [1.29, 1.82) is 5.26 Å². The Hall–Kier alpha value is -0.420. The number of nitriles is 1. The normalized spacial score (nSPS) is 30.8. The highest BCUT2D eigenvalue weighted by Gasteiger charge is 2.30. The third-order valence-electron chi connectivity index (χ3n) is 2.20. The average molecular weight is 167 g/mol. The molecule has 1 nitrogen and oxygen atoms in total. The van der Waals surface area contributed by atoms with Crippen molar-refractivity contribution in [2.45, 2.75) is 30.9 Å². The predicted octanol–water partition coefficient (Wildman–Crippen LogP) is 2.74. The molecule has 0 bridgehead atoms. The lowest BCUT2D eigenvalue weighted by molar-refractivity contribution is 0.623. The molecule has 0 aromatic carbocycles. The number of rotatable bonds is 1. The fourth-order valence-corrected chi connectivity index (χ4v) is 2.26. The van der Waals surface area contributed by atoms with Crippen molar-refractivity contribution in [2.75, 3.05) is 6.26 Å². The van der Waals surface area contributed by atoms with Crippen LogP contribution in [0.3, 0.4) is 0 Å². The van der Waals surface area contributed by atoms with Crippen LogP contribution in [0.25, 0.3) is 0 Å². The second-order valence-corrected chi connectivity index (χ2v) is 4.27. The van der Waals surface area contributed by atoms with Crippen LogP contribution in [0.4, 0.5) is 0 Å². The zero-order valence-corrected chi connectivity index (χ0v) is 7.87. The summed E-state index contributed by atoms with van der Waals surface area (Å²) >= 11 is 1.69. The Balaban J connectivity index is 2.75. The van der Waals surface area contributed by atoms with Crippen LogP contribution in [0, 0.1) is 11.3 Å². The highest BCUT2D eigenvalue weighted by Crippen LogP contribution is 2.37. The minimum atomic E-state index is -0.112. The van der Waals surface area contributed by atoms with Gasteiger partial charge in [0.15, 0.2) is 0 Å². The van der Waals surface area contributed by atoms with Gasteiger partial charge in [0.1, 0.15) is 4.75 Å². The first-order valence-electron chi connectivity index (χ1n) is 3.84. The highest BCUT2D eigenvalue weighted by atomic mass is 32.2. The molecular formula is C9H13NS. The van der Waals surface area contributed by atoms with Gasteiger partial charge in [0.05, 0.1) is 6.07 Å². The molecule has 60 valence electrons. The molecule has 11 heavy (non-hydrogen) atoms. The lowest BCUT2D eigenvalue weighted by Gasteiger charge is -2.27. The van der Waals surface area contributed by atoms with Gasteiger partial charge in [-0.1, -0.05) is 11.6 Å². The zero-order valence-electron chi connectivity index (χ0n) is 7.05. The van der Waals surface area contributed by atoms with Crippen LogP contribution in [-0.2, 0) is 0 Å². The smallest absolute Gasteiger partial charge is 0.106 e. The molecule has 0 heterocycles. The van der Waals surface area contributed by atoms with Crippen molar-refractivity contribution in [3.63, 3.8) is 0 Å². The van der Waals surface area contributed by atoms with E-state index >= 15 is 0 Å². The van der Waals surface area contributed by atoms with Gasteiger partial charge in [-0.05, 0) is 32.4 Å². The Morgan fingerprint density at radius 3 is 2.82 bits per heavy atom. The Morgan fingerprint density at radius 2 is 2.45 bits per heavy atom. The number of nitrogens with zero attached hydrogens (tertiary/aromatic N) is 1. The minimum Gasteiger partial charge on any atom is -0.197 e. The Bertz CT molecular complexity index is 214. The molecular weight excluding hydrogens is 154 g/mol. The van der Waals surface area contributed by atoms with E-state index in [9.17, 15) is 0 Å². The SMILES string of the molecule is CSC1(C#N)CCC=C(C)C1. The van der Waals surface area contributed by atoms with E-state index in [0.717, 1.165) is 19.3 Å². The third kappa shape index (κ3) is 1.78. The van der Waals surface area contributed by atoms with E-state index < -0.39 is 0 Å². The molecule has 0 aliphatic heterocycles. The molecule has 1 aliphatic carbocycles. The van der Waals surface area contributed by atoms with E-state index in [1.54, 1.807) is 11.8 Å². The van der Waals surface area contributed by atoms with Gasteiger partial charge in [0.25, 0.3) is 0 Å². The monoisotopic (exact) mass is 167 g/mol. The van der Waals surface area contributed by atoms with Gasteiger partial charge < -0.3 is 0 Å². The van der Waals surface area contributed by atoms with Crippen molar-refractivity contribution in [2.24, 2.45) is 0 Å². The first kappa shape index (κ1) is 8.67. The summed E-state index contributed by atoms with van der Waals surface area (Å²) in [4.78, 5) is 0. The quantitative estimate of drug-likeness (QED) is 0.561. The minimum absolute atomic E-state index is 0.112. The lowest BCUT2D eigenvalue weighted by Crippen LogP contribution is -2.24. The molecule has 0 spiro atoms. The van der Waals surface area contributed by atoms with Crippen LogP contribution in [0.15, 0.2) is 11.6 Å². The number of hydrogen-bond donors (Lipinski definition) is 0. The van der Waals surface area contributed by atoms with Crippen molar-refractivity contribution < 1.29 is 0 Å². The Kier molecular flexibility index (Phi) is 2.62. The Morgan fingerprint density at radius 1 is 1.73 bits per heavy atom. The van der Waals surface area contributed by atoms with E-state index in [4.69, 9.17) is 5.26 Å². The largest absolute Gasteiger partial charge is 0.197 e. The average Bonchev–Trinajstić information content (AvgIpc) is 2.04. The Labute approximate surface area is 72.5 Å². The van der Waals surface area contributed by atoms with E-state index in [0.29, 0.717) is 0 Å². The molecule has 1 atom stereocenters. The van der Waals surface area contributed by atoms with Crippen LogP contribution < -0.4 is 0 Å². The number of allylic oxidation sites excluding steroid dienone is 2. The third-order valence-corrected chi connectivity index (χ3v) is 3.42. The lowest BCUT2D eigenvalue weighted by atomic mass is 9.90. The van der Waals surface area contributed by atoms with Gasteiger partial charge in [-0.15, -0.1) is 11.8 Å². The molecule has 1 unspecified atom stereocenters. The van der Waals surface area contributed by atoms with Gasteiger partial charge in [0.2, 0.25) is 0 Å². The van der Waals surface area contributed by atoms with Gasteiger partial charge in [0, 0.05) is 0 Å². The molecule has 0 aromatic heterocycles. The van der Waals surface area contributed by atoms with Crippen molar-refractivity contribution in [1.82, 2.24) is 0 Å². The van der Waals surface area contributed by atoms with E-state index in [-0.39, 0.29) is 4.75 Å². The van der Waals surface area contributed by atoms with Crippen molar-refractivity contribution in [3.8, 4) is 6.07 Å². The number of thioether (sulfide) groups is 1. The van der Waals surface area contributed by atoms with E-state index in [2.05, 4.69) is 19.1 Å². The van der Waals surface area contributed by atoms with E-state index in [1.165, 1.54) is 5.57 Å². The van der Waals surface area contributed by atoms with Crippen molar-refractivity contribution >= 4 is 11.8 Å². The standard InChI is InChI=1S/C9H13NS/c1-8-4-3-5-9(6-8,7-10)11-2/h4H,3,5-6H2,1-2H3. The first-order valence-corrected chi connectivity index (χ1v) is 5.07. The molecule has 0 saturated heterocycles. The highest BCUT2D eigenvalue weighted by molar-refractivity contribution is 8.00. The topological polar surface area (TPSA) is 23.8 Å². The predicted molar refractivity (Wildman–Crippen MR) is 49.5 cm³/mol. The summed E-state index contributed by atoms with van der Waals surface area (Å²) in [6.07, 6.45) is 7.31. The second-order valence-electron chi connectivity index (χ2n) is 3.08. The summed E-state index contributed by atoms with van der Waals surface area (Å²) in [5.74, 6) is 0. The zero-order chi connectivity index (χ0) is 8.32. The molecule has 0 aromatic rings. The molecule has 0 radical (unpaired) electrons. The van der Waals surface area contributed by atoms with Gasteiger partial charge in [-0.2, -0.15) is 5.26 Å². The van der Waals surface area contributed by atoms with Crippen LogP contribution in [0.1, 0.15) is 26.2 Å². The maximum atomic E-state index is 8.96. The van der Waals surface area contributed by atoms with Gasteiger partial charge in [-0.3, -0.25) is 0 Å². The summed E-state index contributed by atoms with van der Waals surface area (Å²) in [6.45, 7) is 2.11. The molecule has 1 rings (SSSR count). The number of hydrogen-bond acceptors (Lipinski definition) is 2.